The molecule has 1 aromatic carbocycles. The Balaban J connectivity index is 3.53. The van der Waals surface area contributed by atoms with Crippen molar-refractivity contribution in [3.63, 3.8) is 0 Å². The van der Waals surface area contributed by atoms with Crippen LogP contribution in [0.4, 0.5) is 4.39 Å². The van der Waals surface area contributed by atoms with E-state index < -0.39 is 5.41 Å². The lowest BCUT2D eigenvalue weighted by Crippen LogP contribution is -2.25. The van der Waals surface area contributed by atoms with Crippen LogP contribution in [0.5, 0.6) is 0 Å². The Kier molecular flexibility index (Phi) is 3.56. The first kappa shape index (κ1) is 12.7. The summed E-state index contributed by atoms with van der Waals surface area (Å²) in [5.74, 6) is -0.213. The van der Waals surface area contributed by atoms with Gasteiger partial charge in [-0.3, -0.25) is 0 Å². The van der Waals surface area contributed by atoms with Gasteiger partial charge in [0.15, 0.2) is 0 Å². The number of benzene rings is 1. The van der Waals surface area contributed by atoms with E-state index in [2.05, 4.69) is 15.9 Å². The van der Waals surface area contributed by atoms with Gasteiger partial charge in [0, 0.05) is 15.5 Å². The molecule has 0 spiro atoms. The van der Waals surface area contributed by atoms with Gasteiger partial charge in [-0.2, -0.15) is 0 Å². The molecule has 0 bridgehead atoms. The number of halogens is 2. The Labute approximate surface area is 98.4 Å². The fourth-order valence-electron chi connectivity index (χ4n) is 1.73. The number of aliphatic hydroxyl groups excluding tert-OH is 1. The zero-order chi connectivity index (χ0) is 11.8. The van der Waals surface area contributed by atoms with Gasteiger partial charge in [0.05, 0.1) is 6.61 Å². The van der Waals surface area contributed by atoms with Crippen LogP contribution in [0.1, 0.15) is 30.5 Å². The van der Waals surface area contributed by atoms with Crippen LogP contribution in [0.2, 0.25) is 0 Å². The molecule has 84 valence electrons. The first-order valence-electron chi connectivity index (χ1n) is 4.88. The van der Waals surface area contributed by atoms with E-state index in [-0.39, 0.29) is 12.4 Å². The zero-order valence-corrected chi connectivity index (χ0v) is 11.1. The molecular formula is C12H16BrFO. The van der Waals surface area contributed by atoms with Gasteiger partial charge < -0.3 is 5.11 Å². The SMILES string of the molecule is Cc1cc(Br)c(C)c(C(C)(C)CO)c1F. The summed E-state index contributed by atoms with van der Waals surface area (Å²) in [5, 5.41) is 9.30. The van der Waals surface area contributed by atoms with Gasteiger partial charge in [0.25, 0.3) is 0 Å². The standard InChI is InChI=1S/C12H16BrFO/c1-7-5-9(13)8(2)10(11(7)14)12(3,4)6-15/h5,15H,6H2,1-4H3. The van der Waals surface area contributed by atoms with Crippen molar-refractivity contribution in [2.75, 3.05) is 6.61 Å². The van der Waals surface area contributed by atoms with Gasteiger partial charge >= 0.3 is 0 Å². The van der Waals surface area contributed by atoms with Gasteiger partial charge in [-0.05, 0) is 31.0 Å². The number of aryl methyl sites for hydroxylation is 1. The summed E-state index contributed by atoms with van der Waals surface area (Å²) >= 11 is 3.40. The number of hydrogen-bond donors (Lipinski definition) is 1. The van der Waals surface area contributed by atoms with E-state index in [4.69, 9.17) is 0 Å². The first-order chi connectivity index (χ1) is 6.81. The van der Waals surface area contributed by atoms with E-state index in [0.29, 0.717) is 11.1 Å². The maximum Gasteiger partial charge on any atom is 0.130 e. The topological polar surface area (TPSA) is 20.2 Å². The molecule has 3 heteroatoms. The highest BCUT2D eigenvalue weighted by atomic mass is 79.9. The van der Waals surface area contributed by atoms with Gasteiger partial charge in [-0.25, -0.2) is 4.39 Å². The molecule has 0 heterocycles. The Bertz CT molecular complexity index is 359. The maximum atomic E-state index is 14.0. The molecule has 0 aromatic heterocycles. The largest absolute Gasteiger partial charge is 0.395 e. The predicted molar refractivity (Wildman–Crippen MR) is 63.7 cm³/mol. The van der Waals surface area contributed by atoms with Gasteiger partial charge in [-0.1, -0.05) is 29.8 Å². The van der Waals surface area contributed by atoms with E-state index in [1.54, 1.807) is 13.0 Å². The summed E-state index contributed by atoms with van der Waals surface area (Å²) in [6, 6.07) is 1.77. The minimum Gasteiger partial charge on any atom is -0.395 e. The second-order valence-electron chi connectivity index (χ2n) is 4.53. The minimum absolute atomic E-state index is 0.0688. The summed E-state index contributed by atoms with van der Waals surface area (Å²) in [6.07, 6.45) is 0. The van der Waals surface area contributed by atoms with Crippen molar-refractivity contribution < 1.29 is 9.50 Å². The van der Waals surface area contributed by atoms with E-state index in [9.17, 15) is 9.50 Å². The lowest BCUT2D eigenvalue weighted by molar-refractivity contribution is 0.214. The van der Waals surface area contributed by atoms with Crippen LogP contribution in [0, 0.1) is 19.7 Å². The lowest BCUT2D eigenvalue weighted by atomic mass is 9.81. The number of hydrogen-bond acceptors (Lipinski definition) is 1. The molecule has 0 aliphatic heterocycles. The highest BCUT2D eigenvalue weighted by Gasteiger charge is 2.27. The van der Waals surface area contributed by atoms with Crippen molar-refractivity contribution in [1.82, 2.24) is 0 Å². The Morgan fingerprint density at radius 3 is 2.40 bits per heavy atom. The lowest BCUT2D eigenvalue weighted by Gasteiger charge is -2.26. The molecule has 0 saturated heterocycles. The van der Waals surface area contributed by atoms with E-state index in [1.165, 1.54) is 0 Å². The van der Waals surface area contributed by atoms with Crippen LogP contribution in [-0.4, -0.2) is 11.7 Å². The summed E-state index contributed by atoms with van der Waals surface area (Å²) in [6.45, 7) is 7.20. The third-order valence-electron chi connectivity index (χ3n) is 2.71. The van der Waals surface area contributed by atoms with Gasteiger partial charge in [-0.15, -0.1) is 0 Å². The van der Waals surface area contributed by atoms with Crippen molar-refractivity contribution in [2.24, 2.45) is 0 Å². The van der Waals surface area contributed by atoms with Crippen LogP contribution in [-0.2, 0) is 5.41 Å². The summed E-state index contributed by atoms with van der Waals surface area (Å²) in [7, 11) is 0. The quantitative estimate of drug-likeness (QED) is 0.876. The molecule has 0 aliphatic carbocycles. The average Bonchev–Trinajstić information content (AvgIpc) is 2.15. The molecule has 0 radical (unpaired) electrons. The summed E-state index contributed by atoms with van der Waals surface area (Å²) < 4.78 is 14.9. The second kappa shape index (κ2) is 4.22. The molecule has 1 N–H and O–H groups in total. The summed E-state index contributed by atoms with van der Waals surface area (Å²) in [5.41, 5.74) is 1.50. The molecule has 15 heavy (non-hydrogen) atoms. The smallest absolute Gasteiger partial charge is 0.130 e. The predicted octanol–water partition coefficient (Wildman–Crippen LogP) is 3.47. The van der Waals surface area contributed by atoms with Crippen LogP contribution in [0.3, 0.4) is 0 Å². The fourth-order valence-corrected chi connectivity index (χ4v) is 2.27. The molecule has 0 fully saturated rings. The molecule has 1 rings (SSSR count). The molecule has 0 unspecified atom stereocenters. The molecule has 0 aliphatic rings. The van der Waals surface area contributed by atoms with E-state index >= 15 is 0 Å². The molecule has 1 nitrogen and oxygen atoms in total. The van der Waals surface area contributed by atoms with Gasteiger partial charge in [0.2, 0.25) is 0 Å². The van der Waals surface area contributed by atoms with Crippen LogP contribution < -0.4 is 0 Å². The van der Waals surface area contributed by atoms with Crippen molar-refractivity contribution in [2.45, 2.75) is 33.1 Å². The minimum atomic E-state index is -0.553. The maximum absolute atomic E-state index is 14.0. The number of rotatable bonds is 2. The Hall–Kier alpha value is -0.410. The monoisotopic (exact) mass is 274 g/mol. The second-order valence-corrected chi connectivity index (χ2v) is 5.39. The molecule has 0 atom stereocenters. The fraction of sp³-hybridized carbons (Fsp3) is 0.500. The average molecular weight is 275 g/mol. The highest BCUT2D eigenvalue weighted by Crippen LogP contribution is 2.34. The zero-order valence-electron chi connectivity index (χ0n) is 9.49. The van der Waals surface area contributed by atoms with Gasteiger partial charge in [0.1, 0.15) is 5.82 Å². The summed E-state index contributed by atoms with van der Waals surface area (Å²) in [4.78, 5) is 0. The molecular weight excluding hydrogens is 259 g/mol. The van der Waals surface area contributed by atoms with Crippen LogP contribution >= 0.6 is 15.9 Å². The van der Waals surface area contributed by atoms with Crippen molar-refractivity contribution in [1.29, 1.82) is 0 Å². The molecule has 1 aromatic rings. The molecule has 0 saturated carbocycles. The normalized spacial score (nSPS) is 11.9. The van der Waals surface area contributed by atoms with E-state index in [0.717, 1.165) is 10.0 Å². The first-order valence-corrected chi connectivity index (χ1v) is 5.67. The third-order valence-corrected chi connectivity index (χ3v) is 3.54. The van der Waals surface area contributed by atoms with Crippen LogP contribution in [0.25, 0.3) is 0 Å². The van der Waals surface area contributed by atoms with Crippen molar-refractivity contribution in [3.05, 3.63) is 33.0 Å². The van der Waals surface area contributed by atoms with Crippen molar-refractivity contribution >= 4 is 15.9 Å². The Morgan fingerprint density at radius 1 is 1.40 bits per heavy atom. The third kappa shape index (κ3) is 2.23. The van der Waals surface area contributed by atoms with Crippen LogP contribution in [0.15, 0.2) is 10.5 Å². The highest BCUT2D eigenvalue weighted by molar-refractivity contribution is 9.10. The number of aliphatic hydroxyl groups is 1. The van der Waals surface area contributed by atoms with E-state index in [1.807, 2.05) is 20.8 Å². The molecule has 0 amide bonds. The van der Waals surface area contributed by atoms with Crippen molar-refractivity contribution in [3.8, 4) is 0 Å². The Morgan fingerprint density at radius 2 is 1.93 bits per heavy atom.